The number of benzene rings is 2. The Bertz CT molecular complexity index is 908. The molecule has 1 saturated heterocycles. The molecule has 2 aromatic carbocycles. The van der Waals surface area contributed by atoms with Gasteiger partial charge in [-0.05, 0) is 35.2 Å². The van der Waals surface area contributed by atoms with E-state index in [1.807, 2.05) is 36.4 Å². The van der Waals surface area contributed by atoms with E-state index in [1.54, 1.807) is 18.4 Å². The van der Waals surface area contributed by atoms with Crippen molar-refractivity contribution >= 4 is 27.4 Å². The second-order valence-corrected chi connectivity index (χ2v) is 6.91. The van der Waals surface area contributed by atoms with Crippen LogP contribution in [0.4, 0.5) is 0 Å². The van der Waals surface area contributed by atoms with Gasteiger partial charge in [0.1, 0.15) is 11.9 Å². The van der Waals surface area contributed by atoms with E-state index in [9.17, 15) is 4.79 Å². The first kappa shape index (κ1) is 15.0. The van der Waals surface area contributed by atoms with Crippen LogP contribution in [0.1, 0.15) is 22.5 Å². The second-order valence-electron chi connectivity index (χ2n) is 5.79. The van der Waals surface area contributed by atoms with Gasteiger partial charge in [0.15, 0.2) is 0 Å². The van der Waals surface area contributed by atoms with Crippen molar-refractivity contribution in [2.24, 2.45) is 0 Å². The largest absolute Gasteiger partial charge is 0.497 e. The molecule has 24 heavy (non-hydrogen) atoms. The van der Waals surface area contributed by atoms with E-state index in [0.29, 0.717) is 5.57 Å². The number of fused-ring (bicyclic) bond motifs is 1. The number of methoxy groups -OCH3 is 1. The highest BCUT2D eigenvalue weighted by atomic mass is 32.1. The number of hydrogen-bond donors (Lipinski definition) is 0. The summed E-state index contributed by atoms with van der Waals surface area (Å²) in [5.74, 6) is 0.253. The fourth-order valence-electron chi connectivity index (χ4n) is 3.12. The van der Waals surface area contributed by atoms with E-state index in [4.69, 9.17) is 9.47 Å². The van der Waals surface area contributed by atoms with Crippen LogP contribution in [0.25, 0.3) is 10.1 Å². The average Bonchev–Trinajstić information content (AvgIpc) is 3.16. The Morgan fingerprint density at radius 2 is 1.96 bits per heavy atom. The molecule has 0 radical (unpaired) electrons. The zero-order chi connectivity index (χ0) is 16.7. The van der Waals surface area contributed by atoms with Crippen LogP contribution in [0.2, 0.25) is 0 Å². The third-order valence-electron chi connectivity index (χ3n) is 4.35. The molecule has 0 amide bonds. The number of carbonyl (C=O) groups excluding carboxylic acids is 1. The van der Waals surface area contributed by atoms with E-state index in [0.717, 1.165) is 16.2 Å². The monoisotopic (exact) mass is 336 g/mol. The number of cyclic esters (lactones) is 1. The molecule has 0 N–H and O–H groups in total. The molecular formula is C20H16O3S. The number of rotatable bonds is 3. The van der Waals surface area contributed by atoms with Crippen molar-refractivity contribution in [1.82, 2.24) is 0 Å². The van der Waals surface area contributed by atoms with Gasteiger partial charge in [-0.2, -0.15) is 0 Å². The van der Waals surface area contributed by atoms with E-state index >= 15 is 0 Å². The van der Waals surface area contributed by atoms with E-state index < -0.39 is 0 Å². The molecule has 2 heterocycles. The van der Waals surface area contributed by atoms with Crippen molar-refractivity contribution in [1.29, 1.82) is 0 Å². The Morgan fingerprint density at radius 1 is 1.12 bits per heavy atom. The molecule has 1 aliphatic rings. The molecule has 1 fully saturated rings. The number of ether oxygens (including phenoxy) is 2. The van der Waals surface area contributed by atoms with Crippen molar-refractivity contribution in [3.63, 3.8) is 0 Å². The number of hydrogen-bond acceptors (Lipinski definition) is 4. The molecule has 3 aromatic rings. The molecule has 0 aliphatic carbocycles. The van der Waals surface area contributed by atoms with E-state index in [2.05, 4.69) is 24.8 Å². The summed E-state index contributed by atoms with van der Waals surface area (Å²) in [5.41, 5.74) is 1.43. The summed E-state index contributed by atoms with van der Waals surface area (Å²) < 4.78 is 12.1. The topological polar surface area (TPSA) is 35.5 Å². The zero-order valence-electron chi connectivity index (χ0n) is 13.2. The van der Waals surface area contributed by atoms with E-state index in [-0.39, 0.29) is 18.0 Å². The van der Waals surface area contributed by atoms with Gasteiger partial charge in [0.25, 0.3) is 0 Å². The van der Waals surface area contributed by atoms with Crippen LogP contribution in [-0.4, -0.2) is 13.1 Å². The standard InChI is InChI=1S/C20H16O3S/c1-12-18(17-11-13-6-3-4-9-16(13)24-17)19(23-20(12)21)14-7-5-8-15(10-14)22-2/h3-11,18-19H,1H2,2H3. The lowest BCUT2D eigenvalue weighted by atomic mass is 9.90. The molecule has 0 spiro atoms. The number of carbonyl (C=O) groups is 1. The summed E-state index contributed by atoms with van der Waals surface area (Å²) in [5, 5.41) is 1.18. The summed E-state index contributed by atoms with van der Waals surface area (Å²) in [4.78, 5) is 13.3. The molecular weight excluding hydrogens is 320 g/mol. The quantitative estimate of drug-likeness (QED) is 0.507. The zero-order valence-corrected chi connectivity index (χ0v) is 14.0. The third kappa shape index (κ3) is 2.39. The second kappa shape index (κ2) is 5.80. The third-order valence-corrected chi connectivity index (χ3v) is 5.55. The van der Waals surface area contributed by atoms with Crippen molar-refractivity contribution in [3.05, 3.63) is 77.2 Å². The predicted octanol–water partition coefficient (Wildman–Crippen LogP) is 4.85. The highest BCUT2D eigenvalue weighted by Gasteiger charge is 2.41. The molecule has 2 atom stereocenters. The van der Waals surface area contributed by atoms with Gasteiger partial charge >= 0.3 is 5.97 Å². The molecule has 3 nitrogen and oxygen atoms in total. The molecule has 1 aliphatic heterocycles. The van der Waals surface area contributed by atoms with Gasteiger partial charge in [-0.1, -0.05) is 36.9 Å². The van der Waals surface area contributed by atoms with Crippen molar-refractivity contribution in [2.45, 2.75) is 12.0 Å². The van der Waals surface area contributed by atoms with Crippen LogP contribution in [0.5, 0.6) is 5.75 Å². The van der Waals surface area contributed by atoms with Gasteiger partial charge in [0.2, 0.25) is 0 Å². The van der Waals surface area contributed by atoms with Crippen molar-refractivity contribution in [3.8, 4) is 5.75 Å². The lowest BCUT2D eigenvalue weighted by Crippen LogP contribution is -2.05. The fourth-order valence-corrected chi connectivity index (χ4v) is 4.35. The molecule has 4 heteroatoms. The Labute approximate surface area is 144 Å². The Morgan fingerprint density at radius 3 is 2.75 bits per heavy atom. The van der Waals surface area contributed by atoms with Crippen LogP contribution in [-0.2, 0) is 9.53 Å². The van der Waals surface area contributed by atoms with Gasteiger partial charge in [-0.25, -0.2) is 4.79 Å². The van der Waals surface area contributed by atoms with Crippen LogP contribution >= 0.6 is 11.3 Å². The Hall–Kier alpha value is -2.59. The minimum absolute atomic E-state index is 0.165. The summed E-state index contributed by atoms with van der Waals surface area (Å²) in [6.07, 6.45) is -0.367. The maximum Gasteiger partial charge on any atom is 0.334 e. The van der Waals surface area contributed by atoms with E-state index in [1.165, 1.54) is 10.1 Å². The van der Waals surface area contributed by atoms with Gasteiger partial charge in [0, 0.05) is 15.2 Å². The minimum atomic E-state index is -0.367. The molecule has 2 unspecified atom stereocenters. The first-order chi connectivity index (χ1) is 11.7. The molecule has 0 bridgehead atoms. The fraction of sp³-hybridized carbons (Fsp3) is 0.150. The first-order valence-corrected chi connectivity index (χ1v) is 8.51. The summed E-state index contributed by atoms with van der Waals surface area (Å²) in [6.45, 7) is 3.98. The van der Waals surface area contributed by atoms with Crippen molar-refractivity contribution < 1.29 is 14.3 Å². The summed E-state index contributed by atoms with van der Waals surface area (Å²) in [7, 11) is 1.63. The Balaban J connectivity index is 1.80. The average molecular weight is 336 g/mol. The maximum absolute atomic E-state index is 12.2. The first-order valence-electron chi connectivity index (χ1n) is 7.69. The maximum atomic E-state index is 12.2. The summed E-state index contributed by atoms with van der Waals surface area (Å²) >= 11 is 1.68. The normalized spacial score (nSPS) is 20.4. The number of thiophene rings is 1. The van der Waals surface area contributed by atoms with Gasteiger partial charge in [0.05, 0.1) is 13.0 Å². The number of esters is 1. The van der Waals surface area contributed by atoms with Crippen LogP contribution < -0.4 is 4.74 Å². The Kier molecular flexibility index (Phi) is 3.62. The van der Waals surface area contributed by atoms with Crippen LogP contribution in [0.15, 0.2) is 66.7 Å². The van der Waals surface area contributed by atoms with Crippen LogP contribution in [0.3, 0.4) is 0 Å². The van der Waals surface area contributed by atoms with Crippen LogP contribution in [0, 0.1) is 0 Å². The molecule has 120 valence electrons. The lowest BCUT2D eigenvalue weighted by Gasteiger charge is -2.17. The minimum Gasteiger partial charge on any atom is -0.497 e. The van der Waals surface area contributed by atoms with Gasteiger partial charge < -0.3 is 9.47 Å². The lowest BCUT2D eigenvalue weighted by molar-refractivity contribution is -0.139. The smallest absolute Gasteiger partial charge is 0.334 e. The molecule has 1 aromatic heterocycles. The van der Waals surface area contributed by atoms with Gasteiger partial charge in [-0.15, -0.1) is 11.3 Å². The van der Waals surface area contributed by atoms with Crippen molar-refractivity contribution in [2.75, 3.05) is 7.11 Å². The molecule has 0 saturated carbocycles. The molecule has 4 rings (SSSR count). The summed E-state index contributed by atoms with van der Waals surface area (Å²) in [6, 6.07) is 18.0. The highest BCUT2D eigenvalue weighted by Crippen LogP contribution is 2.48. The van der Waals surface area contributed by atoms with Gasteiger partial charge in [-0.3, -0.25) is 0 Å². The highest BCUT2D eigenvalue weighted by molar-refractivity contribution is 7.19. The predicted molar refractivity (Wildman–Crippen MR) is 95.5 cm³/mol. The SMILES string of the molecule is C=C1C(=O)OC(c2cccc(OC)c2)C1c1cc2ccccc2s1.